The topological polar surface area (TPSA) is 205 Å². The van der Waals surface area contributed by atoms with Gasteiger partial charge in [-0.15, -0.1) is 10.2 Å². The lowest BCUT2D eigenvalue weighted by molar-refractivity contribution is -0.190. The number of thiol groups is 1. The number of aliphatic hydroxyl groups excluding tert-OH is 1. The van der Waals surface area contributed by atoms with Gasteiger partial charge in [0.2, 0.25) is 12.2 Å². The van der Waals surface area contributed by atoms with Crippen molar-refractivity contribution in [3.8, 4) is 0 Å². The molecule has 3 rings (SSSR count). The number of aromatic nitrogens is 4. The van der Waals surface area contributed by atoms with Crippen LogP contribution in [-0.4, -0.2) is 91.5 Å². The van der Waals surface area contributed by atoms with Gasteiger partial charge in [0, 0.05) is 0 Å². The number of hydrogen-bond donors (Lipinski definition) is 6. The van der Waals surface area contributed by atoms with Crippen molar-refractivity contribution in [3.05, 3.63) is 16.7 Å². The van der Waals surface area contributed by atoms with Crippen LogP contribution in [0.25, 0.3) is 11.2 Å². The van der Waals surface area contributed by atoms with Crippen LogP contribution in [0.3, 0.4) is 0 Å². The Morgan fingerprint density at radius 3 is 2.16 bits per heavy atom. The van der Waals surface area contributed by atoms with Gasteiger partial charge in [-0.05, 0) is 41.5 Å². The first-order chi connectivity index (χ1) is 20.2. The van der Waals surface area contributed by atoms with Crippen LogP contribution in [0.1, 0.15) is 47.8 Å². The van der Waals surface area contributed by atoms with Gasteiger partial charge in [0.15, 0.2) is 22.9 Å². The van der Waals surface area contributed by atoms with Crippen LogP contribution in [0.2, 0.25) is 0 Å². The Morgan fingerprint density at radius 1 is 1.16 bits per heavy atom. The summed E-state index contributed by atoms with van der Waals surface area (Å²) < 4.78 is 81.9. The van der Waals surface area contributed by atoms with E-state index in [-0.39, 0.29) is 0 Å². The van der Waals surface area contributed by atoms with Crippen molar-refractivity contribution in [2.75, 3.05) is 12.3 Å². The van der Waals surface area contributed by atoms with Crippen LogP contribution in [-0.2, 0) is 28.3 Å². The van der Waals surface area contributed by atoms with Crippen LogP contribution in [0.5, 0.6) is 0 Å². The standard InChI is InChI=1S/C23H34F4N7O8PS/c1-9(2)40-16(36)11(5)32-43(44,33-12(6)17(37)41-10(3)4)39-7-22(19(24)25)18(38)23(26,27)20(42-22)34-8-29-13-14(34)30-21(28)31-15(13)35/h8-12,18-20,32-33,38,44H,7H2,1-6H3,(H2-,28,30,31,35)/p+1/t11-,12-,18+,20+,22+/m0/s1. The fraction of sp³-hybridized carbons (Fsp3) is 0.696. The molecule has 5 atom stereocenters. The van der Waals surface area contributed by atoms with Gasteiger partial charge in [0.1, 0.15) is 18.7 Å². The highest BCUT2D eigenvalue weighted by molar-refractivity contribution is 8.49. The van der Waals surface area contributed by atoms with Crippen molar-refractivity contribution in [2.45, 2.75) is 96.1 Å². The van der Waals surface area contributed by atoms with E-state index < -0.39 is 103 Å². The van der Waals surface area contributed by atoms with Gasteiger partial charge >= 0.3 is 24.9 Å². The molecule has 2 aromatic heterocycles. The molecule has 1 fully saturated rings. The van der Waals surface area contributed by atoms with Crippen LogP contribution in [0, 0.1) is 0 Å². The van der Waals surface area contributed by atoms with Crippen LogP contribution in [0.15, 0.2) is 11.1 Å². The zero-order valence-corrected chi connectivity index (χ0v) is 26.2. The Bertz CT molecular complexity index is 1390. The van der Waals surface area contributed by atoms with E-state index in [2.05, 4.69) is 37.4 Å². The molecule has 0 saturated carbocycles. The van der Waals surface area contributed by atoms with Gasteiger partial charge in [0.05, 0.1) is 30.8 Å². The molecule has 0 bridgehead atoms. The molecule has 1 saturated heterocycles. The van der Waals surface area contributed by atoms with Crippen LogP contribution in [0.4, 0.5) is 23.5 Å². The van der Waals surface area contributed by atoms with Gasteiger partial charge in [-0.3, -0.25) is 23.9 Å². The molecule has 21 heteroatoms. The largest absolute Gasteiger partial charge is 0.462 e. The quantitative estimate of drug-likeness (QED) is 0.0775. The smallest absolute Gasteiger partial charge is 0.345 e. The Kier molecular flexibility index (Phi) is 10.9. The maximum atomic E-state index is 15.5. The first kappa shape index (κ1) is 35.9. The lowest BCUT2D eigenvalue weighted by Crippen LogP contribution is -2.55. The number of alkyl halides is 4. The van der Waals surface area contributed by atoms with Crippen LogP contribution >= 0.6 is 19.2 Å². The van der Waals surface area contributed by atoms with E-state index in [9.17, 15) is 28.3 Å². The van der Waals surface area contributed by atoms with Crippen LogP contribution < -0.4 is 21.5 Å². The number of imidazole rings is 1. The molecule has 0 spiro atoms. The van der Waals surface area contributed by atoms with Crippen molar-refractivity contribution >= 4 is 48.3 Å². The van der Waals surface area contributed by atoms with Crippen molar-refractivity contribution in [1.82, 2.24) is 29.7 Å². The van der Waals surface area contributed by atoms with E-state index >= 15 is 8.78 Å². The zero-order valence-electron chi connectivity index (χ0n) is 24.5. The number of carbonyl (C=O) groups excluding carboxylic acids is 2. The van der Waals surface area contributed by atoms with Crippen molar-refractivity contribution in [1.29, 1.82) is 0 Å². The van der Waals surface area contributed by atoms with E-state index in [0.717, 1.165) is 0 Å². The lowest BCUT2D eigenvalue weighted by Gasteiger charge is -2.32. The average molecular weight is 677 g/mol. The third-order valence-corrected chi connectivity index (χ3v) is 9.20. The number of esters is 2. The average Bonchev–Trinajstić information content (AvgIpc) is 3.39. The van der Waals surface area contributed by atoms with Gasteiger partial charge in [-0.2, -0.15) is 18.3 Å². The molecule has 6 N–H and O–H groups in total. The third-order valence-electron chi connectivity index (χ3n) is 6.19. The number of nitrogens with two attached hydrogens (primary N) is 1. The van der Waals surface area contributed by atoms with E-state index in [1.807, 2.05) is 0 Å². The summed E-state index contributed by atoms with van der Waals surface area (Å²) in [6, 6.07) is -2.41. The summed E-state index contributed by atoms with van der Waals surface area (Å²) in [6.07, 6.45) is -10.00. The highest BCUT2D eigenvalue weighted by Gasteiger charge is 2.72. The lowest BCUT2D eigenvalue weighted by atomic mass is 9.96. The van der Waals surface area contributed by atoms with Gasteiger partial charge < -0.3 is 25.1 Å². The normalized spacial score (nSPS) is 23.4. The number of nitrogens with one attached hydrogen (secondary N) is 3. The number of aliphatic hydroxyl groups is 1. The fourth-order valence-corrected chi connectivity index (χ4v) is 7.21. The molecule has 248 valence electrons. The number of carbonyl (C=O) groups is 2. The Hall–Kier alpha value is -2.61. The summed E-state index contributed by atoms with van der Waals surface area (Å²) in [5, 5.41) is 15.9. The number of aromatic amines is 1. The minimum Gasteiger partial charge on any atom is -0.462 e. The Labute approximate surface area is 254 Å². The molecule has 1 aliphatic heterocycles. The van der Waals surface area contributed by atoms with E-state index in [1.165, 1.54) is 13.8 Å². The molecule has 0 unspecified atom stereocenters. The number of halogens is 4. The van der Waals surface area contributed by atoms with Gasteiger partial charge in [0.25, 0.3) is 12.0 Å². The number of fused-ring (bicyclic) bond motifs is 1. The van der Waals surface area contributed by atoms with E-state index in [4.69, 9.17) is 24.5 Å². The first-order valence-electron chi connectivity index (χ1n) is 13.2. The second-order valence-corrected chi connectivity index (χ2v) is 14.2. The predicted molar refractivity (Wildman–Crippen MR) is 152 cm³/mol. The van der Waals surface area contributed by atoms with Gasteiger partial charge in [-0.1, -0.05) is 0 Å². The maximum absolute atomic E-state index is 15.5. The molecule has 1 aliphatic rings. The number of anilines is 1. The molecule has 2 aromatic rings. The first-order valence-corrected chi connectivity index (χ1v) is 16.1. The SMILES string of the molecule is CC(C)OC(=O)[C@H](C)N[P+](S)(N[C@@H](C)C(=O)OC(C)C)OC[C@@]1(C(F)F)O[C@@H](n2cnc3c(=O)[nH]c(N)nc32)C(F)(F)[C@@H]1O. The summed E-state index contributed by atoms with van der Waals surface area (Å²) >= 11 is 4.38. The van der Waals surface area contributed by atoms with Crippen molar-refractivity contribution < 1.29 is 51.0 Å². The Balaban J connectivity index is 1.98. The maximum Gasteiger partial charge on any atom is 0.345 e. The third kappa shape index (κ3) is 7.43. The second-order valence-electron chi connectivity index (χ2n) is 10.6. The Morgan fingerprint density at radius 2 is 1.68 bits per heavy atom. The molecule has 3 heterocycles. The number of rotatable bonds is 13. The number of ether oxygens (including phenoxy) is 3. The highest BCUT2D eigenvalue weighted by atomic mass is 32.7. The minimum atomic E-state index is -4.42. The zero-order chi connectivity index (χ0) is 33.4. The van der Waals surface area contributed by atoms with E-state index in [0.29, 0.717) is 10.9 Å². The second kappa shape index (κ2) is 13.4. The fourth-order valence-electron chi connectivity index (χ4n) is 4.12. The molecule has 0 radical (unpaired) electrons. The number of nitrogen functional groups attached to an aromatic ring is 1. The van der Waals surface area contributed by atoms with Crippen molar-refractivity contribution in [2.24, 2.45) is 0 Å². The number of hydrogen-bond acceptors (Lipinski definition) is 14. The highest BCUT2D eigenvalue weighted by Crippen LogP contribution is 2.60. The molecule has 15 nitrogen and oxygen atoms in total. The summed E-state index contributed by atoms with van der Waals surface area (Å²) in [6.45, 7) is 3.67. The molecule has 0 amide bonds. The minimum absolute atomic E-state index is 0.447. The summed E-state index contributed by atoms with van der Waals surface area (Å²) in [4.78, 5) is 46.7. The van der Waals surface area contributed by atoms with E-state index in [1.54, 1.807) is 27.7 Å². The summed E-state index contributed by atoms with van der Waals surface area (Å²) in [5.41, 5.74) is 0.237. The van der Waals surface area contributed by atoms with Gasteiger partial charge in [-0.25, -0.2) is 13.8 Å². The predicted octanol–water partition coefficient (Wildman–Crippen LogP) is 1.71. The van der Waals surface area contributed by atoms with Crippen molar-refractivity contribution in [3.63, 3.8) is 0 Å². The molecular formula is C23H35F4N7O8PS+. The number of nitrogens with zero attached hydrogens (tertiary/aromatic N) is 3. The number of H-pyrrole nitrogens is 1. The summed E-state index contributed by atoms with van der Waals surface area (Å²) in [5.74, 6) is -6.51. The summed E-state index contributed by atoms with van der Waals surface area (Å²) in [7, 11) is 0. The molecule has 0 aliphatic carbocycles. The monoisotopic (exact) mass is 676 g/mol. The molecule has 0 aromatic carbocycles. The molecular weight excluding hydrogens is 641 g/mol. The molecule has 44 heavy (non-hydrogen) atoms.